The van der Waals surface area contributed by atoms with Crippen LogP contribution in [0.1, 0.15) is 37.3 Å². The largest absolute Gasteiger partial charge is 0.497 e. The molecular formula is C31H41F2N5O4. The molecule has 2 unspecified atom stereocenters. The van der Waals surface area contributed by atoms with Crippen LogP contribution in [0.2, 0.25) is 0 Å². The van der Waals surface area contributed by atoms with Gasteiger partial charge in [0.05, 0.1) is 21.3 Å². The van der Waals surface area contributed by atoms with Crippen molar-refractivity contribution >= 4 is 11.7 Å². The van der Waals surface area contributed by atoms with E-state index in [2.05, 4.69) is 9.72 Å². The number of ether oxygens (including phenoxy) is 4. The molecule has 2 aromatic carbocycles. The smallest absolute Gasteiger partial charge is 0.248 e. The number of para-hydroxylation sites is 1. The normalized spacial score (nSPS) is 17.4. The fourth-order valence-electron chi connectivity index (χ4n) is 5.09. The number of benzene rings is 2. The first-order valence-corrected chi connectivity index (χ1v) is 13.7. The highest BCUT2D eigenvalue weighted by Gasteiger charge is 2.42. The Labute approximate surface area is 246 Å². The van der Waals surface area contributed by atoms with Crippen molar-refractivity contribution in [2.24, 2.45) is 11.8 Å². The second-order valence-corrected chi connectivity index (χ2v) is 10.3. The number of hydrogen-bond acceptors (Lipinski definition) is 8. The predicted molar refractivity (Wildman–Crippen MR) is 158 cm³/mol. The van der Waals surface area contributed by atoms with Crippen molar-refractivity contribution in [3.8, 4) is 17.2 Å². The number of aromatic nitrogens is 2. The number of nitrogens with zero attached hydrogens (tertiary/aromatic N) is 3. The van der Waals surface area contributed by atoms with Crippen LogP contribution in [0.4, 0.5) is 14.6 Å². The van der Waals surface area contributed by atoms with Crippen LogP contribution in [-0.2, 0) is 17.8 Å². The summed E-state index contributed by atoms with van der Waals surface area (Å²) in [6.07, 6.45) is 2.78. The molecule has 0 radical (unpaired) electrons. The summed E-state index contributed by atoms with van der Waals surface area (Å²) in [6.45, 7) is 2.55. The minimum atomic E-state index is -2.82. The molecule has 4 rings (SSSR count). The highest BCUT2D eigenvalue weighted by molar-refractivity contribution is 5.84. The molecule has 1 aliphatic rings. The Morgan fingerprint density at radius 2 is 1.64 bits per heavy atom. The molecule has 228 valence electrons. The number of anilines is 1. The summed E-state index contributed by atoms with van der Waals surface area (Å²) in [5.41, 5.74) is 1.66. The van der Waals surface area contributed by atoms with Crippen LogP contribution in [0.5, 0.6) is 17.2 Å². The Morgan fingerprint density at radius 1 is 1.00 bits per heavy atom. The quantitative estimate of drug-likeness (QED) is 0.245. The van der Waals surface area contributed by atoms with E-state index in [1.165, 1.54) is 17.0 Å². The van der Waals surface area contributed by atoms with E-state index in [-0.39, 0.29) is 23.7 Å². The van der Waals surface area contributed by atoms with Crippen molar-refractivity contribution in [3.05, 3.63) is 71.5 Å². The first-order valence-electron chi connectivity index (χ1n) is 13.7. The highest BCUT2D eigenvalue weighted by atomic mass is 19.3. The fraction of sp³-hybridized carbons (Fsp3) is 0.452. The van der Waals surface area contributed by atoms with Crippen LogP contribution in [-0.4, -0.2) is 56.9 Å². The standard InChI is InChI=1S/C29H35F2N5O3.C2H6O/c1-19-11-12-29(30,31)16-23(19)26(32)36-14-13-34-28(27(36)33)35(17-20-7-5-6-8-24(20)38-3)18-21-9-10-22(37-2)15-25(21)39-4;1-3-2/h5-10,13-15,19,23,32-33H,11-12,16-18H2,1-4H3;1-2H3. The third-order valence-corrected chi connectivity index (χ3v) is 7.36. The maximum atomic E-state index is 14.3. The van der Waals surface area contributed by atoms with Gasteiger partial charge in [0.15, 0.2) is 11.3 Å². The average Bonchev–Trinajstić information content (AvgIpc) is 2.98. The molecule has 11 heteroatoms. The van der Waals surface area contributed by atoms with Crippen LogP contribution in [0.25, 0.3) is 0 Å². The first kappa shape index (κ1) is 32.5. The van der Waals surface area contributed by atoms with E-state index in [1.54, 1.807) is 41.6 Å². The van der Waals surface area contributed by atoms with Gasteiger partial charge in [-0.15, -0.1) is 0 Å². The van der Waals surface area contributed by atoms with Crippen LogP contribution in [0.15, 0.2) is 54.9 Å². The summed E-state index contributed by atoms with van der Waals surface area (Å²) in [6, 6.07) is 13.1. The van der Waals surface area contributed by atoms with Crippen LogP contribution in [0, 0.1) is 22.7 Å². The van der Waals surface area contributed by atoms with Crippen molar-refractivity contribution in [2.45, 2.75) is 45.2 Å². The Morgan fingerprint density at radius 3 is 2.29 bits per heavy atom. The number of alkyl halides is 2. The SMILES string of the molecule is COC.COc1ccc(CN(Cc2ccccc2OC)c2nccn(C(=N)C3CC(F)(F)CCC3C)c2=N)c(OC)c1. The molecular weight excluding hydrogens is 544 g/mol. The molecule has 2 atom stereocenters. The van der Waals surface area contributed by atoms with Crippen LogP contribution in [0.3, 0.4) is 0 Å². The van der Waals surface area contributed by atoms with Crippen molar-refractivity contribution in [1.82, 2.24) is 9.55 Å². The topological polar surface area (TPSA) is 106 Å². The van der Waals surface area contributed by atoms with Gasteiger partial charge < -0.3 is 23.8 Å². The molecule has 1 fully saturated rings. The maximum Gasteiger partial charge on any atom is 0.248 e. The Hall–Kier alpha value is -3.99. The molecule has 1 saturated carbocycles. The third-order valence-electron chi connectivity index (χ3n) is 7.36. The van der Waals surface area contributed by atoms with Crippen molar-refractivity contribution in [1.29, 1.82) is 10.8 Å². The third kappa shape index (κ3) is 7.84. The summed E-state index contributed by atoms with van der Waals surface area (Å²) < 4.78 is 50.7. The van der Waals surface area contributed by atoms with Gasteiger partial charge in [-0.05, 0) is 30.5 Å². The van der Waals surface area contributed by atoms with Gasteiger partial charge in [0.25, 0.3) is 0 Å². The number of nitrogens with one attached hydrogen (secondary N) is 2. The van der Waals surface area contributed by atoms with Crippen molar-refractivity contribution < 1.29 is 27.7 Å². The number of halogens is 2. The first-order chi connectivity index (χ1) is 20.1. The van der Waals surface area contributed by atoms with Gasteiger partial charge in [-0.1, -0.05) is 25.1 Å². The Balaban J connectivity index is 0.00000155. The maximum absolute atomic E-state index is 14.3. The molecule has 0 aliphatic heterocycles. The van der Waals surface area contributed by atoms with Gasteiger partial charge in [-0.3, -0.25) is 15.4 Å². The second-order valence-electron chi connectivity index (χ2n) is 10.3. The molecule has 0 spiro atoms. The van der Waals surface area contributed by atoms with Gasteiger partial charge in [0.2, 0.25) is 5.92 Å². The Bertz CT molecular complexity index is 1400. The molecule has 0 bridgehead atoms. The number of hydrogen-bond donors (Lipinski definition) is 2. The molecule has 2 N–H and O–H groups in total. The van der Waals surface area contributed by atoms with Crippen LogP contribution >= 0.6 is 0 Å². The molecule has 3 aromatic rings. The van der Waals surface area contributed by atoms with Crippen molar-refractivity contribution in [3.63, 3.8) is 0 Å². The van der Waals surface area contributed by atoms with Gasteiger partial charge in [-0.25, -0.2) is 13.8 Å². The second kappa shape index (κ2) is 14.8. The highest BCUT2D eigenvalue weighted by Crippen LogP contribution is 2.40. The van der Waals surface area contributed by atoms with Gasteiger partial charge in [-0.2, -0.15) is 0 Å². The minimum absolute atomic E-state index is 0.0187. The summed E-state index contributed by atoms with van der Waals surface area (Å²) in [5.74, 6) is -1.34. The summed E-state index contributed by atoms with van der Waals surface area (Å²) in [4.78, 5) is 6.41. The number of methoxy groups -OCH3 is 4. The van der Waals surface area contributed by atoms with E-state index in [1.807, 2.05) is 48.2 Å². The Kier molecular flexibility index (Phi) is 11.4. The molecule has 0 amide bonds. The summed E-state index contributed by atoms with van der Waals surface area (Å²) in [5, 5.41) is 17.9. The molecule has 0 saturated heterocycles. The zero-order valence-electron chi connectivity index (χ0n) is 25.1. The molecule has 1 aromatic heterocycles. The lowest BCUT2D eigenvalue weighted by atomic mass is 9.77. The molecule has 1 heterocycles. The van der Waals surface area contributed by atoms with E-state index in [9.17, 15) is 8.78 Å². The zero-order chi connectivity index (χ0) is 30.9. The van der Waals surface area contributed by atoms with Gasteiger partial charge in [0.1, 0.15) is 23.1 Å². The average molecular weight is 586 g/mol. The van der Waals surface area contributed by atoms with Gasteiger partial charge in [0, 0.05) is 75.7 Å². The molecule has 9 nitrogen and oxygen atoms in total. The van der Waals surface area contributed by atoms with E-state index < -0.39 is 18.3 Å². The van der Waals surface area contributed by atoms with Crippen LogP contribution < -0.4 is 24.6 Å². The summed E-state index contributed by atoms with van der Waals surface area (Å²) >= 11 is 0. The summed E-state index contributed by atoms with van der Waals surface area (Å²) in [7, 11) is 8.01. The van der Waals surface area contributed by atoms with E-state index >= 15 is 0 Å². The van der Waals surface area contributed by atoms with Crippen molar-refractivity contribution in [2.75, 3.05) is 40.4 Å². The van der Waals surface area contributed by atoms with E-state index in [0.29, 0.717) is 42.6 Å². The van der Waals surface area contributed by atoms with Gasteiger partial charge >= 0.3 is 0 Å². The lowest BCUT2D eigenvalue weighted by molar-refractivity contribution is -0.0555. The van der Waals surface area contributed by atoms with E-state index in [0.717, 1.165) is 11.1 Å². The molecule has 42 heavy (non-hydrogen) atoms. The van der Waals surface area contributed by atoms with E-state index in [4.69, 9.17) is 25.0 Å². The number of rotatable bonds is 9. The minimum Gasteiger partial charge on any atom is -0.497 e. The predicted octanol–water partition coefficient (Wildman–Crippen LogP) is 5.75. The zero-order valence-corrected chi connectivity index (χ0v) is 25.1. The monoisotopic (exact) mass is 585 g/mol. The lowest BCUT2D eigenvalue weighted by Gasteiger charge is -2.35. The molecule has 1 aliphatic carbocycles. The lowest BCUT2D eigenvalue weighted by Crippen LogP contribution is -2.42. The fourth-order valence-corrected chi connectivity index (χ4v) is 5.09.